The molecule has 0 fully saturated rings. The second-order valence-corrected chi connectivity index (χ2v) is 3.57. The first-order valence-corrected chi connectivity index (χ1v) is 4.91. The standard InChI is InChI=1S/C10H7F3N2O2/c11-10(12,13)9-14-5-1-2-6-8(7(5)15-9)17-4-3-16-6/h1-2H,3-4H2,(H,14,15). The molecule has 17 heavy (non-hydrogen) atoms. The van der Waals surface area contributed by atoms with Crippen molar-refractivity contribution in [2.75, 3.05) is 13.2 Å². The largest absolute Gasteiger partial charge is 0.486 e. The van der Waals surface area contributed by atoms with Crippen LogP contribution in [0.4, 0.5) is 13.2 Å². The summed E-state index contributed by atoms with van der Waals surface area (Å²) in [6, 6.07) is 3.06. The van der Waals surface area contributed by atoms with Gasteiger partial charge in [-0.15, -0.1) is 0 Å². The van der Waals surface area contributed by atoms with Crippen LogP contribution in [0.3, 0.4) is 0 Å². The highest BCUT2D eigenvalue weighted by atomic mass is 19.4. The Kier molecular flexibility index (Phi) is 1.98. The first-order valence-electron chi connectivity index (χ1n) is 4.91. The summed E-state index contributed by atoms with van der Waals surface area (Å²) in [5.74, 6) is -0.348. The number of alkyl halides is 3. The number of aromatic nitrogens is 2. The lowest BCUT2D eigenvalue weighted by Gasteiger charge is -2.17. The van der Waals surface area contributed by atoms with Crippen LogP contribution in [0.2, 0.25) is 0 Å². The summed E-state index contributed by atoms with van der Waals surface area (Å²) in [6.45, 7) is 0.690. The summed E-state index contributed by atoms with van der Waals surface area (Å²) in [4.78, 5) is 5.73. The molecule has 1 aliphatic heterocycles. The number of halogens is 3. The van der Waals surface area contributed by atoms with Gasteiger partial charge in [-0.25, -0.2) is 4.98 Å². The number of hydrogen-bond acceptors (Lipinski definition) is 3. The van der Waals surface area contributed by atoms with E-state index in [2.05, 4.69) is 9.97 Å². The summed E-state index contributed by atoms with van der Waals surface area (Å²) < 4.78 is 48.0. The molecule has 0 saturated heterocycles. The van der Waals surface area contributed by atoms with E-state index in [1.165, 1.54) is 6.07 Å². The Hall–Kier alpha value is -1.92. The van der Waals surface area contributed by atoms with Crippen LogP contribution in [0.5, 0.6) is 11.5 Å². The molecular formula is C10H7F3N2O2. The average Bonchev–Trinajstić information content (AvgIpc) is 2.72. The molecule has 1 aromatic carbocycles. The van der Waals surface area contributed by atoms with Gasteiger partial charge in [0.15, 0.2) is 11.5 Å². The Bertz CT molecular complexity index is 577. The fourth-order valence-corrected chi connectivity index (χ4v) is 1.71. The van der Waals surface area contributed by atoms with Crippen LogP contribution < -0.4 is 9.47 Å². The summed E-state index contributed by atoms with van der Waals surface area (Å²) >= 11 is 0. The molecule has 0 spiro atoms. The van der Waals surface area contributed by atoms with Crippen molar-refractivity contribution in [2.24, 2.45) is 0 Å². The van der Waals surface area contributed by atoms with Gasteiger partial charge in [0.2, 0.25) is 5.82 Å². The smallest absolute Gasteiger partial charge is 0.449 e. The number of hydrogen-bond donors (Lipinski definition) is 1. The minimum Gasteiger partial charge on any atom is -0.486 e. The molecule has 3 rings (SSSR count). The van der Waals surface area contributed by atoms with Crippen LogP contribution in [0.25, 0.3) is 11.0 Å². The van der Waals surface area contributed by atoms with E-state index in [1.807, 2.05) is 0 Å². The van der Waals surface area contributed by atoms with E-state index in [4.69, 9.17) is 9.47 Å². The second kappa shape index (κ2) is 3.28. The van der Waals surface area contributed by atoms with Crippen LogP contribution >= 0.6 is 0 Å². The third-order valence-corrected chi connectivity index (χ3v) is 2.43. The molecule has 2 aromatic rings. The quantitative estimate of drug-likeness (QED) is 0.773. The molecule has 0 atom stereocenters. The van der Waals surface area contributed by atoms with E-state index in [0.29, 0.717) is 19.0 Å². The van der Waals surface area contributed by atoms with Gasteiger partial charge in [-0.3, -0.25) is 0 Å². The number of fused-ring (bicyclic) bond motifs is 3. The van der Waals surface area contributed by atoms with Crippen LogP contribution in [0.1, 0.15) is 5.82 Å². The van der Waals surface area contributed by atoms with Crippen LogP contribution in [0, 0.1) is 0 Å². The maximum atomic E-state index is 12.5. The lowest BCUT2D eigenvalue weighted by Crippen LogP contribution is -2.15. The topological polar surface area (TPSA) is 47.1 Å². The Balaban J connectivity index is 2.22. The molecule has 0 saturated carbocycles. The molecule has 0 radical (unpaired) electrons. The van der Waals surface area contributed by atoms with E-state index < -0.39 is 12.0 Å². The minimum atomic E-state index is -4.50. The summed E-state index contributed by atoms with van der Waals surface area (Å²) in [5, 5.41) is 0. The van der Waals surface area contributed by atoms with Gasteiger partial charge >= 0.3 is 6.18 Å². The number of nitrogens with one attached hydrogen (secondary N) is 1. The van der Waals surface area contributed by atoms with Gasteiger partial charge in [0.1, 0.15) is 18.7 Å². The van der Waals surface area contributed by atoms with Gasteiger partial charge in [0, 0.05) is 0 Å². The predicted molar refractivity (Wildman–Crippen MR) is 52.1 cm³/mol. The van der Waals surface area contributed by atoms with Crippen LogP contribution in [-0.2, 0) is 6.18 Å². The van der Waals surface area contributed by atoms with E-state index >= 15 is 0 Å². The van der Waals surface area contributed by atoms with Crippen molar-refractivity contribution in [1.29, 1.82) is 0 Å². The van der Waals surface area contributed by atoms with Crippen molar-refractivity contribution in [2.45, 2.75) is 6.18 Å². The zero-order chi connectivity index (χ0) is 12.0. The first kappa shape index (κ1) is 10.2. The molecule has 0 aliphatic carbocycles. The van der Waals surface area contributed by atoms with Gasteiger partial charge < -0.3 is 14.5 Å². The summed E-state index contributed by atoms with van der Waals surface area (Å²) in [7, 11) is 0. The number of imidazole rings is 1. The van der Waals surface area contributed by atoms with Crippen molar-refractivity contribution in [1.82, 2.24) is 9.97 Å². The third kappa shape index (κ3) is 1.58. The highest BCUT2D eigenvalue weighted by molar-refractivity contribution is 5.85. The van der Waals surface area contributed by atoms with Gasteiger partial charge in [0.05, 0.1) is 5.52 Å². The van der Waals surface area contributed by atoms with Crippen molar-refractivity contribution < 1.29 is 22.6 Å². The SMILES string of the molecule is FC(F)(F)c1nc2c3c(ccc2[nH]1)OCCO3. The molecule has 0 amide bonds. The maximum absolute atomic E-state index is 12.5. The zero-order valence-corrected chi connectivity index (χ0v) is 8.47. The number of H-pyrrole nitrogens is 1. The molecule has 2 heterocycles. The molecular weight excluding hydrogens is 237 g/mol. The maximum Gasteiger partial charge on any atom is 0.449 e. The van der Waals surface area contributed by atoms with Gasteiger partial charge in [-0.05, 0) is 12.1 Å². The summed E-state index contributed by atoms with van der Waals surface area (Å²) in [5.41, 5.74) is 0.427. The molecule has 0 bridgehead atoms. The van der Waals surface area contributed by atoms with Crippen LogP contribution in [0.15, 0.2) is 12.1 Å². The number of rotatable bonds is 0. The van der Waals surface area contributed by atoms with E-state index in [0.717, 1.165) is 0 Å². The van der Waals surface area contributed by atoms with Crippen molar-refractivity contribution in [3.8, 4) is 11.5 Å². The highest BCUT2D eigenvalue weighted by Gasteiger charge is 2.35. The number of aromatic amines is 1. The molecule has 4 nitrogen and oxygen atoms in total. The summed E-state index contributed by atoms with van der Waals surface area (Å²) in [6.07, 6.45) is -4.50. The van der Waals surface area contributed by atoms with Gasteiger partial charge in [-0.1, -0.05) is 0 Å². The Morgan fingerprint density at radius 1 is 1.18 bits per heavy atom. The lowest BCUT2D eigenvalue weighted by atomic mass is 10.2. The number of ether oxygens (including phenoxy) is 2. The minimum absolute atomic E-state index is 0.148. The molecule has 7 heteroatoms. The first-order chi connectivity index (χ1) is 8.05. The van der Waals surface area contributed by atoms with E-state index in [-0.39, 0.29) is 16.8 Å². The van der Waals surface area contributed by atoms with Crippen molar-refractivity contribution in [3.63, 3.8) is 0 Å². The number of nitrogens with zero attached hydrogens (tertiary/aromatic N) is 1. The lowest BCUT2D eigenvalue weighted by molar-refractivity contribution is -0.144. The van der Waals surface area contributed by atoms with E-state index in [1.54, 1.807) is 6.07 Å². The number of benzene rings is 1. The molecule has 1 aromatic heterocycles. The predicted octanol–water partition coefficient (Wildman–Crippen LogP) is 2.35. The van der Waals surface area contributed by atoms with Gasteiger partial charge in [0.25, 0.3) is 0 Å². The second-order valence-electron chi connectivity index (χ2n) is 3.57. The van der Waals surface area contributed by atoms with Crippen molar-refractivity contribution >= 4 is 11.0 Å². The Morgan fingerprint density at radius 2 is 1.94 bits per heavy atom. The van der Waals surface area contributed by atoms with Crippen LogP contribution in [-0.4, -0.2) is 23.2 Å². The Morgan fingerprint density at radius 3 is 2.71 bits per heavy atom. The fraction of sp³-hybridized carbons (Fsp3) is 0.300. The fourth-order valence-electron chi connectivity index (χ4n) is 1.71. The average molecular weight is 244 g/mol. The highest BCUT2D eigenvalue weighted by Crippen LogP contribution is 2.38. The molecule has 0 unspecified atom stereocenters. The Labute approximate surface area is 93.4 Å². The van der Waals surface area contributed by atoms with Gasteiger partial charge in [-0.2, -0.15) is 13.2 Å². The van der Waals surface area contributed by atoms with Crippen molar-refractivity contribution in [3.05, 3.63) is 18.0 Å². The normalized spacial score (nSPS) is 15.2. The molecule has 1 N–H and O–H groups in total. The molecule has 90 valence electrons. The third-order valence-electron chi connectivity index (χ3n) is 2.43. The zero-order valence-electron chi connectivity index (χ0n) is 8.47. The van der Waals surface area contributed by atoms with E-state index in [9.17, 15) is 13.2 Å². The molecule has 1 aliphatic rings. The monoisotopic (exact) mass is 244 g/mol.